The van der Waals surface area contributed by atoms with Gasteiger partial charge < -0.3 is 5.11 Å². The second-order valence-corrected chi connectivity index (χ2v) is 8.46. The summed E-state index contributed by atoms with van der Waals surface area (Å²) in [4.78, 5) is 0. The van der Waals surface area contributed by atoms with Crippen molar-refractivity contribution in [1.82, 2.24) is 0 Å². The summed E-state index contributed by atoms with van der Waals surface area (Å²) < 4.78 is 0. The van der Waals surface area contributed by atoms with Crippen molar-refractivity contribution in [2.45, 2.75) is 129 Å². The molecule has 0 radical (unpaired) electrons. The summed E-state index contributed by atoms with van der Waals surface area (Å²) in [6.45, 7) is 4.57. The molecule has 1 heteroatoms. The van der Waals surface area contributed by atoms with E-state index in [1.807, 2.05) is 12.1 Å². The number of phenolic OH excluding ortho intramolecular Hbond substituents is 1. The highest BCUT2D eigenvalue weighted by Crippen LogP contribution is 2.30. The molecule has 0 bridgehead atoms. The number of phenols is 1. The minimum Gasteiger partial charge on any atom is -0.508 e. The maximum Gasteiger partial charge on any atom is 0.115 e. The topological polar surface area (TPSA) is 20.2 Å². The van der Waals surface area contributed by atoms with E-state index in [1.54, 1.807) is 0 Å². The van der Waals surface area contributed by atoms with E-state index in [0.717, 1.165) is 0 Å². The van der Waals surface area contributed by atoms with Crippen molar-refractivity contribution < 1.29 is 5.11 Å². The molecule has 0 saturated carbocycles. The molecule has 0 saturated heterocycles. The highest BCUT2D eigenvalue weighted by atomic mass is 16.3. The zero-order chi connectivity index (χ0) is 19.6. The second-order valence-electron chi connectivity index (χ2n) is 8.46. The summed E-state index contributed by atoms with van der Waals surface area (Å²) in [6, 6.07) is 8.01. The van der Waals surface area contributed by atoms with Crippen LogP contribution in [0.25, 0.3) is 0 Å². The summed E-state index contributed by atoms with van der Waals surface area (Å²) in [5.41, 5.74) is 1.43. The number of benzene rings is 1. The van der Waals surface area contributed by atoms with E-state index < -0.39 is 0 Å². The van der Waals surface area contributed by atoms with Crippen molar-refractivity contribution in [3.8, 4) is 5.75 Å². The Morgan fingerprint density at radius 1 is 0.556 bits per heavy atom. The molecule has 1 N–H and O–H groups in total. The second kappa shape index (κ2) is 17.1. The maximum atomic E-state index is 9.59. The molecule has 0 heterocycles. The van der Waals surface area contributed by atoms with Gasteiger partial charge in [-0.2, -0.15) is 0 Å². The molecule has 1 atom stereocenters. The minimum atomic E-state index is 0.389. The van der Waals surface area contributed by atoms with Crippen LogP contribution in [0, 0.1) is 0 Å². The van der Waals surface area contributed by atoms with Crippen LogP contribution in [0.3, 0.4) is 0 Å². The highest BCUT2D eigenvalue weighted by molar-refractivity contribution is 5.28. The number of aromatic hydroxyl groups is 1. The Labute approximate surface area is 170 Å². The average molecular weight is 375 g/mol. The predicted octanol–water partition coefficient (Wildman–Crippen LogP) is 9.15. The standard InChI is InChI=1S/C26H46O/c1-3-5-7-9-11-13-15-17-19-24(25-20-22-26(27)23-21-25)18-16-14-12-10-8-6-4-2/h20-24,27H,3-19H2,1-2H3. The summed E-state index contributed by atoms with van der Waals surface area (Å²) >= 11 is 0. The van der Waals surface area contributed by atoms with Gasteiger partial charge in [-0.15, -0.1) is 0 Å². The van der Waals surface area contributed by atoms with Crippen LogP contribution in [-0.2, 0) is 0 Å². The molecule has 0 aliphatic carbocycles. The first-order valence-corrected chi connectivity index (χ1v) is 12.1. The molecule has 0 amide bonds. The zero-order valence-corrected chi connectivity index (χ0v) is 18.4. The van der Waals surface area contributed by atoms with E-state index in [2.05, 4.69) is 26.0 Å². The Balaban J connectivity index is 2.26. The largest absolute Gasteiger partial charge is 0.508 e. The summed E-state index contributed by atoms with van der Waals surface area (Å²) in [5, 5.41) is 9.59. The summed E-state index contributed by atoms with van der Waals surface area (Å²) in [5.74, 6) is 1.07. The average Bonchev–Trinajstić information content (AvgIpc) is 2.68. The SMILES string of the molecule is CCCCCCCCCCC(CCCCCCCCC)c1ccc(O)cc1. The van der Waals surface area contributed by atoms with Gasteiger partial charge in [0.15, 0.2) is 0 Å². The first kappa shape index (κ1) is 24.1. The van der Waals surface area contributed by atoms with Gasteiger partial charge in [0.2, 0.25) is 0 Å². The van der Waals surface area contributed by atoms with E-state index in [4.69, 9.17) is 0 Å². The number of rotatable bonds is 18. The quantitative estimate of drug-likeness (QED) is 0.254. The number of hydrogen-bond donors (Lipinski definition) is 1. The fraction of sp³-hybridized carbons (Fsp3) is 0.769. The molecule has 1 unspecified atom stereocenters. The van der Waals surface area contributed by atoms with Crippen molar-refractivity contribution in [2.24, 2.45) is 0 Å². The van der Waals surface area contributed by atoms with Crippen LogP contribution >= 0.6 is 0 Å². The molecule has 156 valence electrons. The van der Waals surface area contributed by atoms with E-state index >= 15 is 0 Å². The minimum absolute atomic E-state index is 0.389. The Bertz CT molecular complexity index is 422. The molecular formula is C26H46O. The lowest BCUT2D eigenvalue weighted by atomic mass is 9.88. The first-order valence-electron chi connectivity index (χ1n) is 12.1. The maximum absolute atomic E-state index is 9.59. The van der Waals surface area contributed by atoms with Crippen LogP contribution in [-0.4, -0.2) is 5.11 Å². The van der Waals surface area contributed by atoms with Crippen molar-refractivity contribution in [3.63, 3.8) is 0 Å². The van der Waals surface area contributed by atoms with Crippen molar-refractivity contribution in [1.29, 1.82) is 0 Å². The van der Waals surface area contributed by atoms with Crippen LogP contribution < -0.4 is 0 Å². The lowest BCUT2D eigenvalue weighted by Crippen LogP contribution is -2.00. The Morgan fingerprint density at radius 2 is 0.926 bits per heavy atom. The van der Waals surface area contributed by atoms with E-state index in [0.29, 0.717) is 11.7 Å². The highest BCUT2D eigenvalue weighted by Gasteiger charge is 2.11. The Morgan fingerprint density at radius 3 is 1.33 bits per heavy atom. The predicted molar refractivity (Wildman–Crippen MR) is 121 cm³/mol. The lowest BCUT2D eigenvalue weighted by Gasteiger charge is -2.18. The van der Waals surface area contributed by atoms with Gasteiger partial charge in [-0.3, -0.25) is 0 Å². The van der Waals surface area contributed by atoms with Crippen LogP contribution in [0.5, 0.6) is 5.75 Å². The Hall–Kier alpha value is -0.980. The monoisotopic (exact) mass is 374 g/mol. The molecule has 1 aromatic carbocycles. The smallest absolute Gasteiger partial charge is 0.115 e. The van der Waals surface area contributed by atoms with Gasteiger partial charge >= 0.3 is 0 Å². The molecule has 0 aliphatic heterocycles. The molecule has 0 fully saturated rings. The molecule has 27 heavy (non-hydrogen) atoms. The summed E-state index contributed by atoms with van der Waals surface area (Å²) in [7, 11) is 0. The van der Waals surface area contributed by atoms with Crippen LogP contribution in [0.2, 0.25) is 0 Å². The lowest BCUT2D eigenvalue weighted by molar-refractivity contribution is 0.470. The van der Waals surface area contributed by atoms with Crippen LogP contribution in [0.4, 0.5) is 0 Å². The third-order valence-electron chi connectivity index (χ3n) is 5.93. The third kappa shape index (κ3) is 12.9. The van der Waals surface area contributed by atoms with Gasteiger partial charge in [0.05, 0.1) is 0 Å². The normalized spacial score (nSPS) is 12.4. The number of unbranched alkanes of at least 4 members (excludes halogenated alkanes) is 13. The number of hydrogen-bond acceptors (Lipinski definition) is 1. The molecule has 0 aliphatic rings. The van der Waals surface area contributed by atoms with E-state index in [9.17, 15) is 5.11 Å². The van der Waals surface area contributed by atoms with Crippen LogP contribution in [0.15, 0.2) is 24.3 Å². The van der Waals surface area contributed by atoms with Gasteiger partial charge in [0.1, 0.15) is 5.75 Å². The first-order chi connectivity index (χ1) is 13.3. The van der Waals surface area contributed by atoms with Gasteiger partial charge in [-0.05, 0) is 36.5 Å². The molecule has 1 nitrogen and oxygen atoms in total. The van der Waals surface area contributed by atoms with Gasteiger partial charge in [-0.1, -0.05) is 122 Å². The molecular weight excluding hydrogens is 328 g/mol. The van der Waals surface area contributed by atoms with Gasteiger partial charge in [0, 0.05) is 0 Å². The molecule has 1 aromatic rings. The van der Waals surface area contributed by atoms with E-state index in [-0.39, 0.29) is 0 Å². The Kier molecular flexibility index (Phi) is 15.3. The summed E-state index contributed by atoms with van der Waals surface area (Å²) in [6.07, 6.45) is 23.5. The van der Waals surface area contributed by atoms with Crippen LogP contribution in [0.1, 0.15) is 134 Å². The van der Waals surface area contributed by atoms with Crippen molar-refractivity contribution in [3.05, 3.63) is 29.8 Å². The van der Waals surface area contributed by atoms with Gasteiger partial charge in [-0.25, -0.2) is 0 Å². The van der Waals surface area contributed by atoms with Crippen molar-refractivity contribution >= 4 is 0 Å². The third-order valence-corrected chi connectivity index (χ3v) is 5.93. The fourth-order valence-corrected chi connectivity index (χ4v) is 4.10. The van der Waals surface area contributed by atoms with E-state index in [1.165, 1.54) is 115 Å². The van der Waals surface area contributed by atoms with Crippen molar-refractivity contribution in [2.75, 3.05) is 0 Å². The molecule has 0 spiro atoms. The van der Waals surface area contributed by atoms with Gasteiger partial charge in [0.25, 0.3) is 0 Å². The zero-order valence-electron chi connectivity index (χ0n) is 18.4. The fourth-order valence-electron chi connectivity index (χ4n) is 4.10. The molecule has 0 aromatic heterocycles. The molecule has 1 rings (SSSR count).